The molecule has 0 amide bonds. The van der Waals surface area contributed by atoms with E-state index in [1.54, 1.807) is 6.33 Å². The van der Waals surface area contributed by atoms with Crippen LogP contribution in [0.2, 0.25) is 0 Å². The van der Waals surface area contributed by atoms with Gasteiger partial charge in [0.1, 0.15) is 12.1 Å². The molecule has 0 aliphatic rings. The molecule has 2 aromatic heterocycles. The second-order valence-electron chi connectivity index (χ2n) is 6.31. The van der Waals surface area contributed by atoms with E-state index in [0.717, 1.165) is 35.7 Å². The van der Waals surface area contributed by atoms with Gasteiger partial charge in [-0.3, -0.25) is 0 Å². The summed E-state index contributed by atoms with van der Waals surface area (Å²) in [6.07, 6.45) is 5.51. The predicted octanol–water partition coefficient (Wildman–Crippen LogP) is 4.74. The van der Waals surface area contributed by atoms with Crippen molar-refractivity contribution in [1.29, 1.82) is 0 Å². The monoisotopic (exact) mass is 351 g/mol. The maximum atomic E-state index is 4.28. The largest absolute Gasteiger partial charge is 0.367 e. The van der Waals surface area contributed by atoms with Gasteiger partial charge in [-0.05, 0) is 51.8 Å². The van der Waals surface area contributed by atoms with Crippen LogP contribution in [0.25, 0.3) is 5.69 Å². The molecule has 5 heteroatoms. The summed E-state index contributed by atoms with van der Waals surface area (Å²) >= 11 is 0. The van der Waals surface area contributed by atoms with Crippen LogP contribution in [0.15, 0.2) is 48.9 Å². The Balaban J connectivity index is 0.000000189. The summed E-state index contributed by atoms with van der Waals surface area (Å²) in [6, 6.07) is 12.6. The minimum absolute atomic E-state index is 0.467. The molecule has 0 saturated heterocycles. The van der Waals surface area contributed by atoms with E-state index >= 15 is 0 Å². The number of hydrogen-bond acceptors (Lipinski definition) is 4. The molecule has 1 unspecified atom stereocenters. The van der Waals surface area contributed by atoms with Crippen LogP contribution in [-0.4, -0.2) is 25.8 Å². The fourth-order valence-electron chi connectivity index (χ4n) is 2.59. The number of nitrogens with one attached hydrogen (secondary N) is 1. The number of hydrogen-bond donors (Lipinski definition) is 1. The molecule has 0 aliphatic carbocycles. The summed E-state index contributed by atoms with van der Waals surface area (Å²) < 4.78 is 1.92. The van der Waals surface area contributed by atoms with Crippen molar-refractivity contribution in [2.75, 3.05) is 5.32 Å². The lowest BCUT2D eigenvalue weighted by molar-refractivity contribution is 0.754. The first-order valence-corrected chi connectivity index (χ1v) is 9.19. The van der Waals surface area contributed by atoms with Crippen molar-refractivity contribution >= 4 is 5.82 Å². The number of benzene rings is 1. The minimum atomic E-state index is 0.467. The van der Waals surface area contributed by atoms with E-state index in [2.05, 4.69) is 41.2 Å². The normalized spacial score (nSPS) is 11.4. The molecule has 5 nitrogen and oxygen atoms in total. The fourth-order valence-corrected chi connectivity index (χ4v) is 2.59. The number of aryl methyl sites for hydroxylation is 2. The number of aromatic nitrogens is 4. The van der Waals surface area contributed by atoms with E-state index in [-0.39, 0.29) is 0 Å². The van der Waals surface area contributed by atoms with Gasteiger partial charge in [0.05, 0.1) is 5.69 Å². The van der Waals surface area contributed by atoms with Crippen LogP contribution in [-0.2, 0) is 6.42 Å². The standard InChI is InChI=1S/C11H19N3.C10H10N2/c1-5-8(3)14-11-10(6-2)9(4)12-7-13-11;1-9-7-8-11-12(9)10-5-3-2-4-6-10/h7-8H,5-6H2,1-4H3,(H,12,13,14);2-8H,1H3. The van der Waals surface area contributed by atoms with Gasteiger partial charge in [0.15, 0.2) is 0 Å². The SMILES string of the molecule is CCc1c(C)ncnc1NC(C)CC.Cc1ccnn1-c1ccccc1. The lowest BCUT2D eigenvalue weighted by atomic mass is 10.1. The van der Waals surface area contributed by atoms with Gasteiger partial charge in [0.25, 0.3) is 0 Å². The predicted molar refractivity (Wildman–Crippen MR) is 108 cm³/mol. The number of rotatable bonds is 5. The van der Waals surface area contributed by atoms with Crippen LogP contribution in [0.4, 0.5) is 5.82 Å². The van der Waals surface area contributed by atoms with Crippen LogP contribution in [0.5, 0.6) is 0 Å². The Hall–Kier alpha value is -2.69. The summed E-state index contributed by atoms with van der Waals surface area (Å²) in [4.78, 5) is 8.47. The Morgan fingerprint density at radius 1 is 1.04 bits per heavy atom. The number of nitrogens with zero attached hydrogens (tertiary/aromatic N) is 4. The van der Waals surface area contributed by atoms with E-state index in [4.69, 9.17) is 0 Å². The van der Waals surface area contributed by atoms with Crippen molar-refractivity contribution in [2.24, 2.45) is 0 Å². The lowest BCUT2D eigenvalue weighted by Crippen LogP contribution is -2.16. The van der Waals surface area contributed by atoms with Crippen LogP contribution in [0, 0.1) is 13.8 Å². The lowest BCUT2D eigenvalue weighted by Gasteiger charge is -2.15. The van der Waals surface area contributed by atoms with Crippen molar-refractivity contribution in [2.45, 2.75) is 53.5 Å². The van der Waals surface area contributed by atoms with Gasteiger partial charge in [-0.1, -0.05) is 32.0 Å². The van der Waals surface area contributed by atoms with Gasteiger partial charge in [-0.2, -0.15) is 5.10 Å². The second kappa shape index (κ2) is 9.70. The molecule has 1 atom stereocenters. The molecule has 0 radical (unpaired) electrons. The van der Waals surface area contributed by atoms with Crippen molar-refractivity contribution in [3.8, 4) is 5.69 Å². The van der Waals surface area contributed by atoms with Gasteiger partial charge in [-0.15, -0.1) is 0 Å². The summed E-state index contributed by atoms with van der Waals surface area (Å²) in [5.74, 6) is 0.995. The summed E-state index contributed by atoms with van der Waals surface area (Å²) in [5, 5.41) is 7.60. The zero-order chi connectivity index (χ0) is 18.9. The minimum Gasteiger partial charge on any atom is -0.367 e. The van der Waals surface area contributed by atoms with E-state index in [1.165, 1.54) is 5.56 Å². The van der Waals surface area contributed by atoms with E-state index in [1.807, 2.05) is 61.1 Å². The molecule has 1 N–H and O–H groups in total. The molecule has 1 aromatic carbocycles. The highest BCUT2D eigenvalue weighted by Crippen LogP contribution is 2.16. The molecular weight excluding hydrogens is 322 g/mol. The highest BCUT2D eigenvalue weighted by Gasteiger charge is 2.07. The summed E-state index contributed by atoms with van der Waals surface area (Å²) in [6.45, 7) is 10.5. The molecule has 3 rings (SSSR count). The van der Waals surface area contributed by atoms with Crippen molar-refractivity contribution in [3.63, 3.8) is 0 Å². The third-order valence-corrected chi connectivity index (χ3v) is 4.34. The maximum Gasteiger partial charge on any atom is 0.133 e. The molecule has 0 fully saturated rings. The second-order valence-corrected chi connectivity index (χ2v) is 6.31. The molecule has 0 aliphatic heterocycles. The Labute approximate surface area is 156 Å². The smallest absolute Gasteiger partial charge is 0.133 e. The molecule has 0 bridgehead atoms. The zero-order valence-electron chi connectivity index (χ0n) is 16.4. The van der Waals surface area contributed by atoms with Gasteiger partial charge >= 0.3 is 0 Å². The molecular formula is C21H29N5. The van der Waals surface area contributed by atoms with Crippen LogP contribution >= 0.6 is 0 Å². The van der Waals surface area contributed by atoms with Gasteiger partial charge < -0.3 is 5.32 Å². The average Bonchev–Trinajstić information content (AvgIpc) is 3.09. The van der Waals surface area contributed by atoms with Gasteiger partial charge in [-0.25, -0.2) is 14.6 Å². The quantitative estimate of drug-likeness (QED) is 0.721. The summed E-state index contributed by atoms with van der Waals surface area (Å²) in [5.41, 5.74) is 4.57. The van der Waals surface area contributed by atoms with Gasteiger partial charge in [0.2, 0.25) is 0 Å². The first kappa shape index (κ1) is 19.6. The fraction of sp³-hybridized carbons (Fsp3) is 0.381. The zero-order valence-corrected chi connectivity index (χ0v) is 16.4. The Morgan fingerprint density at radius 3 is 2.35 bits per heavy atom. The molecule has 0 spiro atoms. The van der Waals surface area contributed by atoms with Crippen molar-refractivity contribution < 1.29 is 0 Å². The highest BCUT2D eigenvalue weighted by atomic mass is 15.3. The molecule has 0 saturated carbocycles. The molecule has 2 heterocycles. The first-order chi connectivity index (χ1) is 12.6. The molecule has 3 aromatic rings. The van der Waals surface area contributed by atoms with Crippen LogP contribution in [0.3, 0.4) is 0 Å². The Bertz CT molecular complexity index is 795. The third-order valence-electron chi connectivity index (χ3n) is 4.34. The van der Waals surface area contributed by atoms with Crippen LogP contribution < -0.4 is 5.32 Å². The number of anilines is 1. The average molecular weight is 351 g/mol. The topological polar surface area (TPSA) is 55.6 Å². The van der Waals surface area contributed by atoms with E-state index in [0.29, 0.717) is 6.04 Å². The first-order valence-electron chi connectivity index (χ1n) is 9.19. The van der Waals surface area contributed by atoms with E-state index in [9.17, 15) is 0 Å². The summed E-state index contributed by atoms with van der Waals surface area (Å²) in [7, 11) is 0. The van der Waals surface area contributed by atoms with E-state index < -0.39 is 0 Å². The third kappa shape index (κ3) is 5.15. The Morgan fingerprint density at radius 2 is 1.77 bits per heavy atom. The number of para-hydroxylation sites is 1. The van der Waals surface area contributed by atoms with Crippen molar-refractivity contribution in [1.82, 2.24) is 19.7 Å². The Kier molecular flexibility index (Phi) is 7.33. The molecule has 138 valence electrons. The molecule has 26 heavy (non-hydrogen) atoms. The van der Waals surface area contributed by atoms with Crippen molar-refractivity contribution in [3.05, 3.63) is 65.9 Å². The highest BCUT2D eigenvalue weighted by molar-refractivity contribution is 5.46. The maximum absolute atomic E-state index is 4.28. The van der Waals surface area contributed by atoms with Crippen LogP contribution in [0.1, 0.15) is 44.1 Å². The van der Waals surface area contributed by atoms with Gasteiger partial charge in [0, 0.05) is 29.2 Å².